The molecule has 1 aliphatic heterocycles. The minimum absolute atomic E-state index is 0.426. The molecule has 0 atom stereocenters. The largest absolute Gasteiger partial charge is 0.386 e. The first-order chi connectivity index (χ1) is 10.7. The fraction of sp³-hybridized carbons (Fsp3) is 0. The molecule has 0 amide bonds. The molecule has 3 aromatic rings. The van der Waals surface area contributed by atoms with Gasteiger partial charge in [0.1, 0.15) is 5.03 Å². The fourth-order valence-corrected chi connectivity index (χ4v) is 3.43. The average Bonchev–Trinajstić information content (AvgIpc) is 2.54. The summed E-state index contributed by atoms with van der Waals surface area (Å²) in [6.07, 6.45) is 1.73. The number of carbonyl (C=O) groups excluding carboxylic acids is 2. The molecule has 5 heteroatoms. The number of esters is 2. The molecule has 0 aliphatic carbocycles. The first-order valence-electron chi connectivity index (χ1n) is 6.65. The van der Waals surface area contributed by atoms with Crippen LogP contribution in [0.3, 0.4) is 0 Å². The predicted octanol–water partition coefficient (Wildman–Crippen LogP) is 3.70. The zero-order chi connectivity index (χ0) is 15.1. The lowest BCUT2D eigenvalue weighted by Crippen LogP contribution is -2.19. The van der Waals surface area contributed by atoms with Crippen molar-refractivity contribution in [3.63, 3.8) is 0 Å². The molecule has 1 aliphatic rings. The maximum absolute atomic E-state index is 11.9. The second-order valence-electron chi connectivity index (χ2n) is 4.79. The van der Waals surface area contributed by atoms with Gasteiger partial charge in [0.2, 0.25) is 0 Å². The second-order valence-corrected chi connectivity index (χ2v) is 5.85. The van der Waals surface area contributed by atoms with Gasteiger partial charge in [0.25, 0.3) is 0 Å². The van der Waals surface area contributed by atoms with Crippen LogP contribution in [0.1, 0.15) is 20.7 Å². The lowest BCUT2D eigenvalue weighted by molar-refractivity contribution is 0.0391. The zero-order valence-electron chi connectivity index (χ0n) is 11.3. The summed E-state index contributed by atoms with van der Waals surface area (Å²) in [5, 5.41) is 2.37. The zero-order valence-corrected chi connectivity index (χ0v) is 12.1. The molecule has 2 aromatic carbocycles. The standard InChI is InChI=1S/C17H9NO3S/c19-16-11-5-3-4-10-13(22-14-6-1-2-9-18-14)8-7-12(15(10)11)17(20)21-16/h1-9H. The van der Waals surface area contributed by atoms with E-state index < -0.39 is 11.9 Å². The van der Waals surface area contributed by atoms with E-state index in [0.29, 0.717) is 16.5 Å². The van der Waals surface area contributed by atoms with Crippen LogP contribution in [0.15, 0.2) is 64.6 Å². The number of benzene rings is 2. The normalized spacial score (nSPS) is 13.3. The van der Waals surface area contributed by atoms with E-state index in [4.69, 9.17) is 4.74 Å². The van der Waals surface area contributed by atoms with Crippen molar-refractivity contribution in [2.75, 3.05) is 0 Å². The maximum Gasteiger partial charge on any atom is 0.346 e. The topological polar surface area (TPSA) is 56.3 Å². The van der Waals surface area contributed by atoms with Crippen LogP contribution in [0.4, 0.5) is 0 Å². The average molecular weight is 307 g/mol. The van der Waals surface area contributed by atoms with Crippen LogP contribution in [-0.2, 0) is 4.74 Å². The van der Waals surface area contributed by atoms with Crippen molar-refractivity contribution in [3.8, 4) is 0 Å². The van der Waals surface area contributed by atoms with E-state index in [1.807, 2.05) is 30.3 Å². The Labute approximate surface area is 130 Å². The van der Waals surface area contributed by atoms with Gasteiger partial charge in [-0.3, -0.25) is 0 Å². The summed E-state index contributed by atoms with van der Waals surface area (Å²) < 4.78 is 4.76. The molecule has 106 valence electrons. The molecule has 4 nitrogen and oxygen atoms in total. The van der Waals surface area contributed by atoms with E-state index in [2.05, 4.69) is 4.98 Å². The van der Waals surface area contributed by atoms with E-state index in [1.54, 1.807) is 24.4 Å². The van der Waals surface area contributed by atoms with Gasteiger partial charge in [-0.25, -0.2) is 14.6 Å². The van der Waals surface area contributed by atoms with Crippen molar-refractivity contribution in [1.82, 2.24) is 4.98 Å². The number of carbonyl (C=O) groups is 2. The summed E-state index contributed by atoms with van der Waals surface area (Å²) in [6.45, 7) is 0. The third-order valence-electron chi connectivity index (χ3n) is 3.48. The molecule has 0 N–H and O–H groups in total. The molecule has 1 aromatic heterocycles. The molecule has 0 radical (unpaired) electrons. The Kier molecular flexibility index (Phi) is 2.94. The van der Waals surface area contributed by atoms with Crippen molar-refractivity contribution in [3.05, 3.63) is 65.9 Å². The van der Waals surface area contributed by atoms with Crippen LogP contribution in [0.25, 0.3) is 10.8 Å². The van der Waals surface area contributed by atoms with Crippen molar-refractivity contribution in [1.29, 1.82) is 0 Å². The first kappa shape index (κ1) is 13.0. The highest BCUT2D eigenvalue weighted by molar-refractivity contribution is 7.99. The number of rotatable bonds is 2. The van der Waals surface area contributed by atoms with Gasteiger partial charge >= 0.3 is 11.9 Å². The highest BCUT2D eigenvalue weighted by Crippen LogP contribution is 2.37. The summed E-state index contributed by atoms with van der Waals surface area (Å²) in [5.41, 5.74) is 0.853. The van der Waals surface area contributed by atoms with Crippen LogP contribution < -0.4 is 0 Å². The Morgan fingerprint density at radius 1 is 0.864 bits per heavy atom. The van der Waals surface area contributed by atoms with Crippen molar-refractivity contribution in [2.24, 2.45) is 0 Å². The third-order valence-corrected chi connectivity index (χ3v) is 4.50. The van der Waals surface area contributed by atoms with Gasteiger partial charge in [-0.1, -0.05) is 30.0 Å². The molecule has 2 heterocycles. The SMILES string of the molecule is O=C1OC(=O)c2ccc(Sc3ccccn3)c3cccc1c23. The molecule has 0 saturated carbocycles. The highest BCUT2D eigenvalue weighted by Gasteiger charge is 2.27. The number of hydrogen-bond donors (Lipinski definition) is 0. The van der Waals surface area contributed by atoms with E-state index in [0.717, 1.165) is 15.3 Å². The Morgan fingerprint density at radius 3 is 2.45 bits per heavy atom. The Hall–Kier alpha value is -2.66. The monoisotopic (exact) mass is 307 g/mol. The van der Waals surface area contributed by atoms with Gasteiger partial charge in [-0.2, -0.15) is 0 Å². The molecule has 0 bridgehead atoms. The minimum atomic E-state index is -0.594. The van der Waals surface area contributed by atoms with E-state index in [9.17, 15) is 9.59 Å². The summed E-state index contributed by atoms with van der Waals surface area (Å²) >= 11 is 1.50. The summed E-state index contributed by atoms with van der Waals surface area (Å²) in [6, 6.07) is 14.6. The Bertz CT molecular complexity index is 902. The van der Waals surface area contributed by atoms with Crippen LogP contribution >= 0.6 is 11.8 Å². The quantitative estimate of drug-likeness (QED) is 0.534. The van der Waals surface area contributed by atoms with E-state index in [-0.39, 0.29) is 0 Å². The number of aromatic nitrogens is 1. The van der Waals surface area contributed by atoms with Crippen molar-refractivity contribution < 1.29 is 14.3 Å². The van der Waals surface area contributed by atoms with Gasteiger partial charge in [0.05, 0.1) is 11.1 Å². The molecule has 0 unspecified atom stereocenters. The molecular weight excluding hydrogens is 298 g/mol. The lowest BCUT2D eigenvalue weighted by Gasteiger charge is -2.17. The van der Waals surface area contributed by atoms with Crippen LogP contribution in [0.2, 0.25) is 0 Å². The molecule has 0 fully saturated rings. The van der Waals surface area contributed by atoms with Crippen LogP contribution in [-0.4, -0.2) is 16.9 Å². The number of cyclic esters (lactones) is 2. The van der Waals surface area contributed by atoms with Crippen molar-refractivity contribution >= 4 is 34.5 Å². The highest BCUT2D eigenvalue weighted by atomic mass is 32.2. The Balaban J connectivity index is 1.95. The molecule has 0 spiro atoms. The number of ether oxygens (including phenoxy) is 1. The minimum Gasteiger partial charge on any atom is -0.386 e. The molecule has 4 rings (SSSR count). The summed E-state index contributed by atoms with van der Waals surface area (Å²) in [5.74, 6) is -1.19. The van der Waals surface area contributed by atoms with Gasteiger partial charge in [-0.05, 0) is 35.7 Å². The smallest absolute Gasteiger partial charge is 0.346 e. The summed E-state index contributed by atoms with van der Waals surface area (Å²) in [4.78, 5) is 29.0. The first-order valence-corrected chi connectivity index (χ1v) is 7.47. The molecular formula is C17H9NO3S. The predicted molar refractivity (Wildman–Crippen MR) is 82.1 cm³/mol. The number of pyridine rings is 1. The Morgan fingerprint density at radius 2 is 1.68 bits per heavy atom. The van der Waals surface area contributed by atoms with Gasteiger partial charge in [-0.15, -0.1) is 0 Å². The van der Waals surface area contributed by atoms with Crippen LogP contribution in [0.5, 0.6) is 0 Å². The fourth-order valence-electron chi connectivity index (χ4n) is 2.52. The van der Waals surface area contributed by atoms with Gasteiger partial charge in [0, 0.05) is 16.5 Å². The number of nitrogens with zero attached hydrogens (tertiary/aromatic N) is 1. The summed E-state index contributed by atoms with van der Waals surface area (Å²) in [7, 11) is 0. The third kappa shape index (κ3) is 1.98. The molecule has 22 heavy (non-hydrogen) atoms. The molecule has 0 saturated heterocycles. The van der Waals surface area contributed by atoms with E-state index in [1.165, 1.54) is 11.8 Å². The lowest BCUT2D eigenvalue weighted by atomic mass is 9.97. The van der Waals surface area contributed by atoms with Crippen LogP contribution in [0, 0.1) is 0 Å². The maximum atomic E-state index is 11.9. The van der Waals surface area contributed by atoms with Gasteiger partial charge in [0.15, 0.2) is 0 Å². The second kappa shape index (κ2) is 4.96. The van der Waals surface area contributed by atoms with E-state index >= 15 is 0 Å². The number of hydrogen-bond acceptors (Lipinski definition) is 5. The van der Waals surface area contributed by atoms with Gasteiger partial charge < -0.3 is 4.74 Å². The van der Waals surface area contributed by atoms with Crippen molar-refractivity contribution in [2.45, 2.75) is 9.92 Å².